The van der Waals surface area contributed by atoms with E-state index in [0.29, 0.717) is 19.5 Å². The van der Waals surface area contributed by atoms with Crippen LogP contribution in [0.3, 0.4) is 0 Å². The van der Waals surface area contributed by atoms with E-state index < -0.39 is 5.60 Å². The summed E-state index contributed by atoms with van der Waals surface area (Å²) in [4.78, 5) is 24.9. The predicted octanol–water partition coefficient (Wildman–Crippen LogP) is 0.246. The Bertz CT molecular complexity index is 337. The van der Waals surface area contributed by atoms with Crippen molar-refractivity contribution in [3.63, 3.8) is 0 Å². The number of hydrazine groups is 1. The third-order valence-electron chi connectivity index (χ3n) is 2.98. The number of carbonyl (C=O) groups is 2. The third-order valence-corrected chi connectivity index (χ3v) is 2.98. The topological polar surface area (TPSA) is 70.7 Å². The number of ether oxygens (including phenoxy) is 1. The van der Waals surface area contributed by atoms with Crippen LogP contribution in [0, 0.1) is 5.92 Å². The maximum absolute atomic E-state index is 11.9. The number of fused-ring (bicyclic) bond motifs is 1. The van der Waals surface area contributed by atoms with Crippen molar-refractivity contribution < 1.29 is 14.3 Å². The molecule has 0 aromatic rings. The molecule has 0 radical (unpaired) electrons. The molecule has 2 atom stereocenters. The predicted molar refractivity (Wildman–Crippen MR) is 61.0 cm³/mol. The molecule has 2 heterocycles. The molecule has 0 unspecified atom stereocenters. The van der Waals surface area contributed by atoms with Crippen LogP contribution in [0.25, 0.3) is 0 Å². The number of rotatable bonds is 0. The zero-order valence-electron chi connectivity index (χ0n) is 10.4. The van der Waals surface area contributed by atoms with Gasteiger partial charge in [0.05, 0.1) is 12.0 Å². The van der Waals surface area contributed by atoms with E-state index in [-0.39, 0.29) is 24.0 Å². The second-order valence-corrected chi connectivity index (χ2v) is 5.56. The summed E-state index contributed by atoms with van der Waals surface area (Å²) < 4.78 is 5.31. The quantitative estimate of drug-likeness (QED) is 0.637. The lowest BCUT2D eigenvalue weighted by Crippen LogP contribution is -2.50. The van der Waals surface area contributed by atoms with Gasteiger partial charge in [0.2, 0.25) is 5.91 Å². The van der Waals surface area contributed by atoms with E-state index in [1.165, 1.54) is 0 Å². The van der Waals surface area contributed by atoms with Crippen molar-refractivity contribution in [3.05, 3.63) is 0 Å². The Labute approximate surface area is 101 Å². The molecule has 2 saturated heterocycles. The lowest BCUT2D eigenvalue weighted by Gasteiger charge is -2.34. The molecule has 2 fully saturated rings. The first-order valence-electron chi connectivity index (χ1n) is 5.90. The fourth-order valence-electron chi connectivity index (χ4n) is 2.16. The second kappa shape index (κ2) is 4.18. The molecule has 2 amide bonds. The van der Waals surface area contributed by atoms with Crippen LogP contribution in [0.1, 0.15) is 27.2 Å². The van der Waals surface area contributed by atoms with Gasteiger partial charge in [-0.25, -0.2) is 10.2 Å². The Hall–Kier alpha value is -1.30. The van der Waals surface area contributed by atoms with Crippen LogP contribution in [0.2, 0.25) is 0 Å². The van der Waals surface area contributed by atoms with Gasteiger partial charge < -0.3 is 9.64 Å². The highest BCUT2D eigenvalue weighted by Gasteiger charge is 2.40. The molecule has 17 heavy (non-hydrogen) atoms. The summed E-state index contributed by atoms with van der Waals surface area (Å²) in [5.41, 5.74) is 5.03. The molecule has 0 spiro atoms. The summed E-state index contributed by atoms with van der Waals surface area (Å²) >= 11 is 0. The van der Waals surface area contributed by atoms with Crippen LogP contribution in [-0.2, 0) is 9.53 Å². The van der Waals surface area contributed by atoms with E-state index in [9.17, 15) is 9.59 Å². The molecule has 2 aliphatic rings. The maximum Gasteiger partial charge on any atom is 0.410 e. The van der Waals surface area contributed by atoms with E-state index in [4.69, 9.17) is 4.74 Å². The van der Waals surface area contributed by atoms with Gasteiger partial charge >= 0.3 is 6.09 Å². The van der Waals surface area contributed by atoms with Gasteiger partial charge in [-0.15, -0.1) is 0 Å². The van der Waals surface area contributed by atoms with Crippen LogP contribution >= 0.6 is 0 Å². The van der Waals surface area contributed by atoms with Crippen molar-refractivity contribution >= 4 is 12.0 Å². The normalized spacial score (nSPS) is 28.6. The van der Waals surface area contributed by atoms with Gasteiger partial charge in [-0.3, -0.25) is 10.2 Å². The molecule has 0 aromatic carbocycles. The van der Waals surface area contributed by atoms with Gasteiger partial charge in [0.25, 0.3) is 0 Å². The van der Waals surface area contributed by atoms with Gasteiger partial charge in [-0.2, -0.15) is 0 Å². The lowest BCUT2D eigenvalue weighted by molar-refractivity contribution is -0.123. The first-order valence-corrected chi connectivity index (χ1v) is 5.90. The largest absolute Gasteiger partial charge is 0.444 e. The van der Waals surface area contributed by atoms with Crippen molar-refractivity contribution in [2.24, 2.45) is 5.92 Å². The summed E-state index contributed by atoms with van der Waals surface area (Å²) in [6.45, 7) is 6.62. The number of hydrogen-bond donors (Lipinski definition) is 2. The number of nitrogens with zero attached hydrogens (tertiary/aromatic N) is 1. The molecule has 2 N–H and O–H groups in total. The summed E-state index contributed by atoms with van der Waals surface area (Å²) in [5, 5.41) is 0. The highest BCUT2D eigenvalue weighted by atomic mass is 16.6. The highest BCUT2D eigenvalue weighted by molar-refractivity contribution is 5.81. The van der Waals surface area contributed by atoms with Crippen LogP contribution in [0.4, 0.5) is 4.79 Å². The van der Waals surface area contributed by atoms with Gasteiger partial charge in [0.1, 0.15) is 5.60 Å². The molecule has 0 aromatic heterocycles. The van der Waals surface area contributed by atoms with Crippen molar-refractivity contribution in [1.29, 1.82) is 0 Å². The van der Waals surface area contributed by atoms with E-state index >= 15 is 0 Å². The van der Waals surface area contributed by atoms with Crippen molar-refractivity contribution in [1.82, 2.24) is 15.8 Å². The van der Waals surface area contributed by atoms with E-state index in [0.717, 1.165) is 0 Å². The van der Waals surface area contributed by atoms with Crippen molar-refractivity contribution in [2.45, 2.75) is 38.8 Å². The molecule has 2 aliphatic heterocycles. The molecular weight excluding hydrogens is 222 g/mol. The van der Waals surface area contributed by atoms with Crippen LogP contribution < -0.4 is 10.9 Å². The van der Waals surface area contributed by atoms with Crippen LogP contribution in [-0.4, -0.2) is 41.6 Å². The summed E-state index contributed by atoms with van der Waals surface area (Å²) in [6.07, 6.45) is 0.375. The minimum absolute atomic E-state index is 0.00349. The summed E-state index contributed by atoms with van der Waals surface area (Å²) in [5.74, 6) is 0.00697. The fraction of sp³-hybridized carbons (Fsp3) is 0.818. The van der Waals surface area contributed by atoms with E-state index in [1.807, 2.05) is 20.8 Å². The van der Waals surface area contributed by atoms with Crippen LogP contribution in [0.5, 0.6) is 0 Å². The molecule has 6 nitrogen and oxygen atoms in total. The Balaban J connectivity index is 1.93. The Morgan fingerprint density at radius 3 is 2.82 bits per heavy atom. The SMILES string of the molecule is CC(C)(C)OC(=O)N1CC[C@H]2C(=O)NN[C@@H]2C1. The average Bonchev–Trinajstić information content (AvgIpc) is 2.57. The van der Waals surface area contributed by atoms with Crippen molar-refractivity contribution in [3.8, 4) is 0 Å². The molecule has 0 bridgehead atoms. The Morgan fingerprint density at radius 2 is 2.18 bits per heavy atom. The van der Waals surface area contributed by atoms with Gasteiger partial charge in [-0.05, 0) is 27.2 Å². The smallest absolute Gasteiger partial charge is 0.410 e. The average molecular weight is 241 g/mol. The molecule has 2 rings (SSSR count). The monoisotopic (exact) mass is 241 g/mol. The standard InChI is InChI=1S/C11H19N3O3/c1-11(2,3)17-10(16)14-5-4-7-8(6-14)12-13-9(7)15/h7-8,12H,4-6H2,1-3H3,(H,13,15)/t7-,8-/m1/s1. The summed E-state index contributed by atoms with van der Waals surface area (Å²) in [7, 11) is 0. The number of nitrogens with one attached hydrogen (secondary N) is 2. The number of carbonyl (C=O) groups excluding carboxylic acids is 2. The summed E-state index contributed by atoms with van der Waals surface area (Å²) in [6, 6.07) is 0.00349. The van der Waals surface area contributed by atoms with Gasteiger partial charge in [0, 0.05) is 13.1 Å². The number of hydrogen-bond acceptors (Lipinski definition) is 4. The number of amides is 2. The molecule has 0 aliphatic carbocycles. The Kier molecular flexibility index (Phi) is 2.99. The first-order chi connectivity index (χ1) is 7.87. The maximum atomic E-state index is 11.9. The first kappa shape index (κ1) is 12.2. The lowest BCUT2D eigenvalue weighted by atomic mass is 9.93. The fourth-order valence-corrected chi connectivity index (χ4v) is 2.16. The second-order valence-electron chi connectivity index (χ2n) is 5.56. The van der Waals surface area contributed by atoms with Crippen LogP contribution in [0.15, 0.2) is 0 Å². The third kappa shape index (κ3) is 2.69. The molecule has 0 saturated carbocycles. The zero-order chi connectivity index (χ0) is 12.6. The minimum atomic E-state index is -0.481. The minimum Gasteiger partial charge on any atom is -0.444 e. The number of likely N-dealkylation sites (tertiary alicyclic amines) is 1. The Morgan fingerprint density at radius 1 is 1.47 bits per heavy atom. The molecule has 6 heteroatoms. The van der Waals surface area contributed by atoms with Crippen molar-refractivity contribution in [2.75, 3.05) is 13.1 Å². The van der Waals surface area contributed by atoms with Gasteiger partial charge in [0.15, 0.2) is 0 Å². The highest BCUT2D eigenvalue weighted by Crippen LogP contribution is 2.22. The molecule has 96 valence electrons. The van der Waals surface area contributed by atoms with E-state index in [1.54, 1.807) is 4.90 Å². The molecular formula is C11H19N3O3. The number of piperidine rings is 1. The zero-order valence-corrected chi connectivity index (χ0v) is 10.4. The van der Waals surface area contributed by atoms with Gasteiger partial charge in [-0.1, -0.05) is 0 Å². The van der Waals surface area contributed by atoms with E-state index in [2.05, 4.69) is 10.9 Å².